The van der Waals surface area contributed by atoms with E-state index in [-0.39, 0.29) is 5.56 Å². The molecular formula is C15H21N3O2S. The van der Waals surface area contributed by atoms with Crippen LogP contribution in [0.15, 0.2) is 16.2 Å². The lowest BCUT2D eigenvalue weighted by atomic mass is 10.1. The molecule has 0 amide bonds. The van der Waals surface area contributed by atoms with Crippen LogP contribution >= 0.6 is 11.3 Å². The molecule has 0 aliphatic heterocycles. The first kappa shape index (κ1) is 15.7. The Hall–Kier alpha value is -1.66. The van der Waals surface area contributed by atoms with E-state index in [4.69, 9.17) is 4.74 Å². The van der Waals surface area contributed by atoms with Crippen molar-refractivity contribution < 1.29 is 4.74 Å². The summed E-state index contributed by atoms with van der Waals surface area (Å²) >= 11 is 1.52. The summed E-state index contributed by atoms with van der Waals surface area (Å²) in [5.41, 5.74) is 3.32. The first-order valence-corrected chi connectivity index (χ1v) is 7.86. The lowest BCUT2D eigenvalue weighted by Crippen LogP contribution is -2.26. The number of pyridine rings is 1. The molecule has 0 atom stereocenters. The predicted octanol–water partition coefficient (Wildman–Crippen LogP) is 2.67. The molecule has 0 radical (unpaired) electrons. The second-order valence-electron chi connectivity index (χ2n) is 4.86. The van der Waals surface area contributed by atoms with E-state index in [2.05, 4.69) is 10.3 Å². The third-order valence-electron chi connectivity index (χ3n) is 3.31. The lowest BCUT2D eigenvalue weighted by Gasteiger charge is -2.13. The molecule has 2 aromatic rings. The monoisotopic (exact) mass is 307 g/mol. The highest BCUT2D eigenvalue weighted by molar-refractivity contribution is 7.14. The van der Waals surface area contributed by atoms with E-state index in [1.54, 1.807) is 11.7 Å². The molecule has 0 aliphatic rings. The molecule has 0 saturated carbocycles. The summed E-state index contributed by atoms with van der Waals surface area (Å²) in [6.45, 7) is 7.81. The standard InChI is InChI=1S/C15H21N3O2S/c1-5-16-15-17-12(9-21-15)13-10(2)8-11(3)18(14(13)19)6-7-20-4/h8-9H,5-7H2,1-4H3,(H,16,17). The highest BCUT2D eigenvalue weighted by Crippen LogP contribution is 2.25. The number of nitrogens with zero attached hydrogens (tertiary/aromatic N) is 2. The Morgan fingerprint density at radius 1 is 1.43 bits per heavy atom. The van der Waals surface area contributed by atoms with E-state index in [9.17, 15) is 4.79 Å². The summed E-state index contributed by atoms with van der Waals surface area (Å²) in [5, 5.41) is 5.95. The molecule has 0 fully saturated rings. The topological polar surface area (TPSA) is 56.1 Å². The van der Waals surface area contributed by atoms with Gasteiger partial charge in [0.25, 0.3) is 5.56 Å². The van der Waals surface area contributed by atoms with E-state index < -0.39 is 0 Å². The molecule has 2 aromatic heterocycles. The van der Waals surface area contributed by atoms with Gasteiger partial charge in [0.2, 0.25) is 0 Å². The summed E-state index contributed by atoms with van der Waals surface area (Å²) in [5.74, 6) is 0. The Labute approximate surface area is 128 Å². The number of ether oxygens (including phenoxy) is 1. The fourth-order valence-electron chi connectivity index (χ4n) is 2.32. The second-order valence-corrected chi connectivity index (χ2v) is 5.72. The molecule has 1 N–H and O–H groups in total. The molecule has 0 saturated heterocycles. The van der Waals surface area contributed by atoms with E-state index in [1.165, 1.54) is 11.3 Å². The van der Waals surface area contributed by atoms with Crippen molar-refractivity contribution in [3.05, 3.63) is 33.1 Å². The van der Waals surface area contributed by atoms with Gasteiger partial charge < -0.3 is 14.6 Å². The SMILES string of the molecule is CCNc1nc(-c2c(C)cc(C)n(CCOC)c2=O)cs1. The molecule has 2 heterocycles. The van der Waals surface area contributed by atoms with Crippen molar-refractivity contribution >= 4 is 16.5 Å². The van der Waals surface area contributed by atoms with Gasteiger partial charge in [-0.2, -0.15) is 0 Å². The first-order chi connectivity index (χ1) is 10.1. The van der Waals surface area contributed by atoms with Crippen molar-refractivity contribution in [2.24, 2.45) is 0 Å². The van der Waals surface area contributed by atoms with Crippen molar-refractivity contribution in [1.29, 1.82) is 0 Å². The van der Waals surface area contributed by atoms with Gasteiger partial charge in [0, 0.05) is 31.3 Å². The fraction of sp³-hybridized carbons (Fsp3) is 0.467. The van der Waals surface area contributed by atoms with E-state index in [1.807, 2.05) is 32.2 Å². The molecule has 0 bridgehead atoms. The summed E-state index contributed by atoms with van der Waals surface area (Å²) in [7, 11) is 1.64. The van der Waals surface area contributed by atoms with Crippen LogP contribution in [0, 0.1) is 13.8 Å². The number of methoxy groups -OCH3 is 1. The molecule has 5 nitrogen and oxygen atoms in total. The zero-order chi connectivity index (χ0) is 15.4. The molecule has 0 spiro atoms. The quantitative estimate of drug-likeness (QED) is 0.891. The van der Waals surface area contributed by atoms with Crippen LogP contribution in [0.4, 0.5) is 5.13 Å². The van der Waals surface area contributed by atoms with Gasteiger partial charge in [0.15, 0.2) is 5.13 Å². The Balaban J connectivity index is 2.49. The summed E-state index contributed by atoms with van der Waals surface area (Å²) in [6.07, 6.45) is 0. The van der Waals surface area contributed by atoms with Crippen LogP contribution in [-0.4, -0.2) is 29.8 Å². The van der Waals surface area contributed by atoms with Crippen LogP contribution in [0.2, 0.25) is 0 Å². The normalized spacial score (nSPS) is 10.9. The number of rotatable bonds is 6. The zero-order valence-electron chi connectivity index (χ0n) is 12.9. The van der Waals surface area contributed by atoms with Gasteiger partial charge in [-0.05, 0) is 32.4 Å². The molecule has 21 heavy (non-hydrogen) atoms. The van der Waals surface area contributed by atoms with Crippen molar-refractivity contribution in [1.82, 2.24) is 9.55 Å². The van der Waals surface area contributed by atoms with Gasteiger partial charge in [-0.25, -0.2) is 4.98 Å². The molecule has 0 aromatic carbocycles. The van der Waals surface area contributed by atoms with Gasteiger partial charge in [0.1, 0.15) is 0 Å². The molecule has 114 valence electrons. The average molecular weight is 307 g/mol. The van der Waals surface area contributed by atoms with E-state index >= 15 is 0 Å². The number of thiazole rings is 1. The predicted molar refractivity (Wildman–Crippen MR) is 87.3 cm³/mol. The third kappa shape index (κ3) is 3.33. The minimum atomic E-state index is -0.00195. The maximum Gasteiger partial charge on any atom is 0.260 e. The minimum absolute atomic E-state index is 0.00195. The summed E-state index contributed by atoms with van der Waals surface area (Å²) in [6, 6.07) is 2.03. The minimum Gasteiger partial charge on any atom is -0.383 e. The Morgan fingerprint density at radius 3 is 2.86 bits per heavy atom. The molecule has 2 rings (SSSR count). The zero-order valence-corrected chi connectivity index (χ0v) is 13.7. The van der Waals surface area contributed by atoms with Crippen LogP contribution < -0.4 is 10.9 Å². The van der Waals surface area contributed by atoms with Gasteiger partial charge >= 0.3 is 0 Å². The number of hydrogen-bond donors (Lipinski definition) is 1. The third-order valence-corrected chi connectivity index (χ3v) is 4.11. The smallest absolute Gasteiger partial charge is 0.260 e. The highest BCUT2D eigenvalue weighted by atomic mass is 32.1. The number of nitrogens with one attached hydrogen (secondary N) is 1. The molecular weight excluding hydrogens is 286 g/mol. The van der Waals surface area contributed by atoms with Gasteiger partial charge in [0.05, 0.1) is 17.9 Å². The maximum absolute atomic E-state index is 12.7. The average Bonchev–Trinajstić information content (AvgIpc) is 2.87. The van der Waals surface area contributed by atoms with E-state index in [0.29, 0.717) is 18.7 Å². The fourth-order valence-corrected chi connectivity index (χ4v) is 3.09. The van der Waals surface area contributed by atoms with Gasteiger partial charge in [-0.1, -0.05) is 0 Å². The Morgan fingerprint density at radius 2 is 2.19 bits per heavy atom. The van der Waals surface area contributed by atoms with Crippen molar-refractivity contribution in [3.8, 4) is 11.3 Å². The maximum atomic E-state index is 12.7. The van der Waals surface area contributed by atoms with Gasteiger partial charge in [-0.15, -0.1) is 11.3 Å². The van der Waals surface area contributed by atoms with Crippen LogP contribution in [-0.2, 0) is 11.3 Å². The first-order valence-electron chi connectivity index (χ1n) is 6.98. The number of hydrogen-bond acceptors (Lipinski definition) is 5. The van der Waals surface area contributed by atoms with Crippen molar-refractivity contribution in [2.45, 2.75) is 27.3 Å². The summed E-state index contributed by atoms with van der Waals surface area (Å²) in [4.78, 5) is 17.2. The molecule has 0 unspecified atom stereocenters. The van der Waals surface area contributed by atoms with E-state index in [0.717, 1.165) is 28.6 Å². The number of aryl methyl sites for hydroxylation is 2. The highest BCUT2D eigenvalue weighted by Gasteiger charge is 2.15. The van der Waals surface area contributed by atoms with Crippen molar-refractivity contribution in [2.75, 3.05) is 25.6 Å². The number of aromatic nitrogens is 2. The lowest BCUT2D eigenvalue weighted by molar-refractivity contribution is 0.185. The van der Waals surface area contributed by atoms with Gasteiger partial charge in [-0.3, -0.25) is 4.79 Å². The Bertz CT molecular complexity index is 676. The second kappa shape index (κ2) is 6.87. The molecule has 0 aliphatic carbocycles. The summed E-state index contributed by atoms with van der Waals surface area (Å²) < 4.78 is 6.83. The number of anilines is 1. The van der Waals surface area contributed by atoms with Crippen molar-refractivity contribution in [3.63, 3.8) is 0 Å². The Kier molecular flexibility index (Phi) is 5.14. The largest absolute Gasteiger partial charge is 0.383 e. The molecule has 6 heteroatoms. The van der Waals surface area contributed by atoms with Crippen LogP contribution in [0.25, 0.3) is 11.3 Å². The van der Waals surface area contributed by atoms with Crippen LogP contribution in [0.3, 0.4) is 0 Å². The van der Waals surface area contributed by atoms with Crippen LogP contribution in [0.1, 0.15) is 18.2 Å². The van der Waals surface area contributed by atoms with Crippen LogP contribution in [0.5, 0.6) is 0 Å².